The Morgan fingerprint density at radius 2 is 1.88 bits per heavy atom. The molecule has 0 saturated heterocycles. The molecule has 5 atom stereocenters. The van der Waals surface area contributed by atoms with Crippen LogP contribution < -0.4 is 10.6 Å². The van der Waals surface area contributed by atoms with Crippen LogP contribution in [-0.4, -0.2) is 93.8 Å². The third-order valence-electron chi connectivity index (χ3n) is 6.56. The number of unbranched alkanes of at least 4 members (excludes halogenated alkanes) is 3. The number of carboxylic acid groups (broad SMARTS) is 2. The van der Waals surface area contributed by atoms with Crippen molar-refractivity contribution in [3.63, 3.8) is 0 Å². The van der Waals surface area contributed by atoms with E-state index >= 15 is 0 Å². The fourth-order valence-corrected chi connectivity index (χ4v) is 5.15. The van der Waals surface area contributed by atoms with Crippen molar-refractivity contribution in [2.24, 2.45) is 5.92 Å². The zero-order valence-corrected chi connectivity index (χ0v) is 23.4. The highest BCUT2D eigenvalue weighted by atomic mass is 32.2. The van der Waals surface area contributed by atoms with Crippen LogP contribution in [0.15, 0.2) is 17.3 Å². The summed E-state index contributed by atoms with van der Waals surface area (Å²) in [5.41, 5.74) is 0.871. The summed E-state index contributed by atoms with van der Waals surface area (Å²) in [6.45, 7) is 4.92. The molecule has 0 aliphatic heterocycles. The van der Waals surface area contributed by atoms with Crippen molar-refractivity contribution >= 4 is 46.6 Å². The molecule has 220 valence electrons. The molecule has 1 saturated carbocycles. The predicted octanol–water partition coefficient (Wildman–Crippen LogP) is 1.60. The number of aliphatic hydroxyl groups excluding tert-OH is 2. The molecule has 0 bridgehead atoms. The molecule has 2 heterocycles. The molecular weight excluding hydrogens is 542 g/mol. The number of nitrogens with one attached hydrogen (secondary N) is 2. The molecule has 0 radical (unpaired) electrons. The van der Waals surface area contributed by atoms with Gasteiger partial charge in [0, 0.05) is 18.2 Å². The van der Waals surface area contributed by atoms with Gasteiger partial charge in [0.15, 0.2) is 22.1 Å². The molecule has 1 amide bonds. The molecule has 15 heteroatoms. The minimum Gasteiger partial charge on any atom is -0.481 e. The first kappa shape index (κ1) is 31.2. The van der Waals surface area contributed by atoms with Gasteiger partial charge in [-0.3, -0.25) is 9.59 Å². The van der Waals surface area contributed by atoms with Gasteiger partial charge in [0.25, 0.3) is 0 Å². The number of carbonyl (C=O) groups is 3. The number of aliphatic hydroxyl groups is 2. The molecule has 3 rings (SSSR count). The Bertz CT molecular complexity index is 1210. The van der Waals surface area contributed by atoms with Gasteiger partial charge in [0.2, 0.25) is 5.91 Å². The standard InChI is InChI=1S/C25H37N7O7S/c1-3-5-6-7-10-26-22-19-23(29-25(28-22)40-11-4-2)32(31-30-19)16-12-14(20(36)21(16)37)8-9-17(33)27-15(24(38)39)13-18(34)35/h8-9,14-16,20-21,36-37H,3-7,10-13H2,1-2H3,(H,27,33)(H,34,35)(H,38,39)(H,26,28,29)/t14?,15-,16?,20?,21?/m0/s1. The van der Waals surface area contributed by atoms with Gasteiger partial charge in [0.1, 0.15) is 12.1 Å². The summed E-state index contributed by atoms with van der Waals surface area (Å²) in [6, 6.07) is -2.30. The summed E-state index contributed by atoms with van der Waals surface area (Å²) in [5, 5.41) is 54.0. The summed E-state index contributed by atoms with van der Waals surface area (Å²) in [4.78, 5) is 43.5. The highest BCUT2D eigenvalue weighted by molar-refractivity contribution is 7.99. The van der Waals surface area contributed by atoms with Gasteiger partial charge >= 0.3 is 11.9 Å². The van der Waals surface area contributed by atoms with Crippen molar-refractivity contribution in [1.82, 2.24) is 30.3 Å². The number of carbonyl (C=O) groups excluding carboxylic acids is 1. The van der Waals surface area contributed by atoms with Gasteiger partial charge < -0.3 is 31.1 Å². The number of fused-ring (bicyclic) bond motifs is 1. The van der Waals surface area contributed by atoms with Crippen molar-refractivity contribution in [2.75, 3.05) is 17.6 Å². The lowest BCUT2D eigenvalue weighted by Crippen LogP contribution is -2.41. The van der Waals surface area contributed by atoms with E-state index < -0.39 is 54.5 Å². The Labute approximate surface area is 235 Å². The number of thioether (sulfide) groups is 1. The van der Waals surface area contributed by atoms with Crippen LogP contribution in [0.4, 0.5) is 5.82 Å². The Morgan fingerprint density at radius 1 is 1.10 bits per heavy atom. The van der Waals surface area contributed by atoms with E-state index in [9.17, 15) is 24.6 Å². The minimum atomic E-state index is -1.60. The van der Waals surface area contributed by atoms with Crippen LogP contribution in [0, 0.1) is 5.92 Å². The number of amides is 1. The van der Waals surface area contributed by atoms with E-state index in [4.69, 9.17) is 10.2 Å². The zero-order chi connectivity index (χ0) is 29.2. The molecule has 0 spiro atoms. The quantitative estimate of drug-likeness (QED) is 0.0722. The highest BCUT2D eigenvalue weighted by Crippen LogP contribution is 2.37. The zero-order valence-electron chi connectivity index (χ0n) is 22.6. The molecule has 1 aliphatic carbocycles. The van der Waals surface area contributed by atoms with Crippen LogP contribution in [0.5, 0.6) is 0 Å². The van der Waals surface area contributed by atoms with E-state index in [0.717, 1.165) is 43.9 Å². The molecule has 1 fully saturated rings. The van der Waals surface area contributed by atoms with Crippen LogP contribution in [0.3, 0.4) is 0 Å². The van der Waals surface area contributed by atoms with E-state index in [0.29, 0.717) is 28.7 Å². The molecular formula is C25H37N7O7S. The number of hydrogen-bond donors (Lipinski definition) is 6. The lowest BCUT2D eigenvalue weighted by Gasteiger charge is -2.17. The second kappa shape index (κ2) is 14.9. The van der Waals surface area contributed by atoms with Crippen LogP contribution in [-0.2, 0) is 14.4 Å². The Balaban J connectivity index is 1.79. The van der Waals surface area contributed by atoms with Crippen molar-refractivity contribution in [3.05, 3.63) is 12.2 Å². The maximum Gasteiger partial charge on any atom is 0.326 e. The van der Waals surface area contributed by atoms with Gasteiger partial charge in [0.05, 0.1) is 18.6 Å². The monoisotopic (exact) mass is 579 g/mol. The average Bonchev–Trinajstić information content (AvgIpc) is 3.45. The highest BCUT2D eigenvalue weighted by Gasteiger charge is 2.43. The fourth-order valence-electron chi connectivity index (χ4n) is 4.45. The second-order valence-electron chi connectivity index (χ2n) is 9.70. The van der Waals surface area contributed by atoms with Crippen LogP contribution >= 0.6 is 11.8 Å². The van der Waals surface area contributed by atoms with Gasteiger partial charge in [-0.1, -0.05) is 56.2 Å². The van der Waals surface area contributed by atoms with E-state index in [1.54, 1.807) is 0 Å². The van der Waals surface area contributed by atoms with Crippen molar-refractivity contribution in [3.8, 4) is 0 Å². The van der Waals surface area contributed by atoms with Crippen molar-refractivity contribution in [1.29, 1.82) is 0 Å². The Kier molecular flexibility index (Phi) is 11.6. The summed E-state index contributed by atoms with van der Waals surface area (Å²) < 4.78 is 1.48. The molecule has 2 aromatic heterocycles. The van der Waals surface area contributed by atoms with Crippen molar-refractivity contribution < 1.29 is 34.8 Å². The number of anilines is 1. The van der Waals surface area contributed by atoms with Crippen LogP contribution in [0.1, 0.15) is 64.8 Å². The normalized spacial score (nSPS) is 21.6. The largest absolute Gasteiger partial charge is 0.481 e. The Morgan fingerprint density at radius 3 is 2.55 bits per heavy atom. The number of aliphatic carboxylic acids is 2. The van der Waals surface area contributed by atoms with E-state index in [1.807, 2.05) is 0 Å². The van der Waals surface area contributed by atoms with Gasteiger partial charge in [-0.25, -0.2) is 19.4 Å². The molecule has 6 N–H and O–H groups in total. The first-order valence-corrected chi connectivity index (χ1v) is 14.4. The first-order valence-electron chi connectivity index (χ1n) is 13.4. The summed E-state index contributed by atoms with van der Waals surface area (Å²) in [5.74, 6) is -2.97. The van der Waals surface area contributed by atoms with Crippen LogP contribution in [0.2, 0.25) is 0 Å². The average molecular weight is 580 g/mol. The van der Waals surface area contributed by atoms with Crippen LogP contribution in [0.25, 0.3) is 11.2 Å². The number of carboxylic acids is 2. The predicted molar refractivity (Wildman–Crippen MR) is 147 cm³/mol. The number of hydrogen-bond acceptors (Lipinski definition) is 11. The number of nitrogens with zero attached hydrogens (tertiary/aromatic N) is 5. The summed E-state index contributed by atoms with van der Waals surface area (Å²) >= 11 is 1.50. The number of rotatable bonds is 16. The minimum absolute atomic E-state index is 0.198. The van der Waals surface area contributed by atoms with Gasteiger partial charge in [-0.2, -0.15) is 0 Å². The molecule has 4 unspecified atom stereocenters. The summed E-state index contributed by atoms with van der Waals surface area (Å²) in [6.07, 6.45) is 4.61. The number of aromatic nitrogens is 5. The van der Waals surface area contributed by atoms with E-state index in [2.05, 4.69) is 44.8 Å². The lowest BCUT2D eigenvalue weighted by molar-refractivity contribution is -0.146. The van der Waals surface area contributed by atoms with E-state index in [1.165, 1.54) is 22.5 Å². The lowest BCUT2D eigenvalue weighted by atomic mass is 10.0. The molecule has 1 aliphatic rings. The fraction of sp³-hybridized carbons (Fsp3) is 0.640. The smallest absolute Gasteiger partial charge is 0.326 e. The maximum atomic E-state index is 12.2. The SMILES string of the molecule is CCCCCCNc1nc(SCCC)nc2c1nnn2C1CC(C=CC(=O)N[C@@H](CC(=O)O)C(=O)O)C(O)C1O. The second-order valence-corrected chi connectivity index (χ2v) is 10.8. The molecule has 0 aromatic carbocycles. The molecule has 14 nitrogen and oxygen atoms in total. The van der Waals surface area contributed by atoms with E-state index in [-0.39, 0.29) is 6.42 Å². The Hall–Kier alpha value is -3.30. The third kappa shape index (κ3) is 8.11. The molecule has 40 heavy (non-hydrogen) atoms. The summed E-state index contributed by atoms with van der Waals surface area (Å²) in [7, 11) is 0. The van der Waals surface area contributed by atoms with Gasteiger partial charge in [-0.15, -0.1) is 5.10 Å². The van der Waals surface area contributed by atoms with Gasteiger partial charge in [-0.05, 0) is 25.3 Å². The maximum absolute atomic E-state index is 12.2. The molecule has 2 aromatic rings. The third-order valence-corrected chi connectivity index (χ3v) is 7.61. The van der Waals surface area contributed by atoms with Crippen molar-refractivity contribution in [2.45, 2.75) is 88.2 Å². The first-order chi connectivity index (χ1) is 19.2. The topological polar surface area (TPSA) is 213 Å².